The van der Waals surface area contributed by atoms with Gasteiger partial charge < -0.3 is 37.0 Å². The van der Waals surface area contributed by atoms with Crippen molar-refractivity contribution in [1.29, 1.82) is 0 Å². The summed E-state index contributed by atoms with van der Waals surface area (Å²) in [6.07, 6.45) is 3.32. The summed E-state index contributed by atoms with van der Waals surface area (Å²) in [5.74, 6) is -0.747. The molecular weight excluding hydrogens is 324 g/mol. The normalized spacial score (nSPS) is 10.3. The molecule has 2 rings (SSSR count). The highest BCUT2D eigenvalue weighted by Gasteiger charge is 2.19. The fourth-order valence-electron chi connectivity index (χ4n) is 2.35. The lowest BCUT2D eigenvalue weighted by Crippen LogP contribution is -2.30. The van der Waals surface area contributed by atoms with Crippen molar-refractivity contribution in [3.05, 3.63) is 35.9 Å². The topological polar surface area (TPSA) is 158 Å². The molecule has 2 heterocycles. The maximum absolute atomic E-state index is 12.4. The first kappa shape index (κ1) is 17.9. The van der Waals surface area contributed by atoms with Crippen LogP contribution in [-0.2, 0) is 14.1 Å². The van der Waals surface area contributed by atoms with Crippen LogP contribution in [0.3, 0.4) is 0 Å². The van der Waals surface area contributed by atoms with Gasteiger partial charge in [0, 0.05) is 33.0 Å². The molecule has 0 aliphatic rings. The quantitative estimate of drug-likeness (QED) is 0.263. The Bertz CT molecular complexity index is 814. The molecule has 0 bridgehead atoms. The van der Waals surface area contributed by atoms with Gasteiger partial charge in [-0.05, 0) is 12.1 Å². The van der Waals surface area contributed by atoms with Crippen molar-refractivity contribution < 1.29 is 9.59 Å². The maximum Gasteiger partial charge on any atom is 0.272 e. The van der Waals surface area contributed by atoms with Gasteiger partial charge >= 0.3 is 0 Å². The van der Waals surface area contributed by atoms with Crippen molar-refractivity contribution >= 4 is 29.1 Å². The van der Waals surface area contributed by atoms with E-state index in [1.165, 1.54) is 0 Å². The van der Waals surface area contributed by atoms with E-state index in [4.69, 9.17) is 17.2 Å². The molecule has 8 N–H and O–H groups in total. The first-order valence-corrected chi connectivity index (χ1v) is 7.51. The lowest BCUT2D eigenvalue weighted by molar-refractivity contribution is 0.0947. The number of aryl methyl sites for hydroxylation is 2. The summed E-state index contributed by atoms with van der Waals surface area (Å²) in [6, 6.07) is 3.21. The third kappa shape index (κ3) is 4.31. The molecule has 0 atom stereocenters. The van der Waals surface area contributed by atoms with Crippen LogP contribution in [0.2, 0.25) is 0 Å². The number of hydrogen-bond donors (Lipinski definition) is 5. The summed E-state index contributed by atoms with van der Waals surface area (Å²) < 4.78 is 3.23. The molecule has 2 aromatic rings. The van der Waals surface area contributed by atoms with Crippen LogP contribution >= 0.6 is 0 Å². The van der Waals surface area contributed by atoms with Crippen molar-refractivity contribution in [1.82, 2.24) is 14.5 Å². The Balaban J connectivity index is 2.10. The Morgan fingerprint density at radius 3 is 2.52 bits per heavy atom. The molecule has 0 aromatic carbocycles. The second-order valence-corrected chi connectivity index (χ2v) is 5.48. The van der Waals surface area contributed by atoms with E-state index < -0.39 is 0 Å². The zero-order valence-electron chi connectivity index (χ0n) is 14.1. The van der Waals surface area contributed by atoms with Gasteiger partial charge in [-0.25, -0.2) is 0 Å². The molecule has 2 amide bonds. The minimum atomic E-state index is -0.361. The van der Waals surface area contributed by atoms with Crippen molar-refractivity contribution in [2.24, 2.45) is 30.6 Å². The predicted molar refractivity (Wildman–Crippen MR) is 96.2 cm³/mol. The number of guanidine groups is 1. The van der Waals surface area contributed by atoms with Crippen LogP contribution in [0.1, 0.15) is 21.0 Å². The van der Waals surface area contributed by atoms with Gasteiger partial charge in [-0.3, -0.25) is 14.6 Å². The SMILES string of the molecule is Cn1cc(N)cc1C(=O)Nc1ccn(C)c1C(=O)NCCN=C(N)N. The monoisotopic (exact) mass is 346 g/mol. The first-order valence-electron chi connectivity index (χ1n) is 7.51. The smallest absolute Gasteiger partial charge is 0.272 e. The average molecular weight is 346 g/mol. The highest BCUT2D eigenvalue weighted by molar-refractivity contribution is 6.08. The molecule has 0 spiro atoms. The van der Waals surface area contributed by atoms with E-state index in [0.717, 1.165) is 0 Å². The van der Waals surface area contributed by atoms with Crippen LogP contribution < -0.4 is 27.8 Å². The van der Waals surface area contributed by atoms with Crippen molar-refractivity contribution in [2.45, 2.75) is 0 Å². The van der Waals surface area contributed by atoms with Gasteiger partial charge in [-0.1, -0.05) is 0 Å². The zero-order chi connectivity index (χ0) is 18.6. The first-order chi connectivity index (χ1) is 11.8. The number of hydrogen-bond acceptors (Lipinski definition) is 4. The molecular formula is C15H22N8O2. The minimum Gasteiger partial charge on any atom is -0.397 e. The van der Waals surface area contributed by atoms with E-state index in [9.17, 15) is 9.59 Å². The number of amides is 2. The van der Waals surface area contributed by atoms with E-state index in [0.29, 0.717) is 22.8 Å². The Morgan fingerprint density at radius 2 is 1.92 bits per heavy atom. The number of aromatic nitrogens is 2. The Labute approximate surface area is 144 Å². The van der Waals surface area contributed by atoms with Gasteiger partial charge in [-0.2, -0.15) is 0 Å². The molecule has 0 aliphatic carbocycles. The van der Waals surface area contributed by atoms with Gasteiger partial charge in [0.25, 0.3) is 11.8 Å². The number of nitrogen functional groups attached to an aromatic ring is 1. The molecule has 0 saturated carbocycles. The number of nitrogens with zero attached hydrogens (tertiary/aromatic N) is 3. The third-order valence-corrected chi connectivity index (χ3v) is 3.49. The van der Waals surface area contributed by atoms with Gasteiger partial charge in [0.15, 0.2) is 5.96 Å². The van der Waals surface area contributed by atoms with Crippen LogP contribution in [0.25, 0.3) is 0 Å². The highest BCUT2D eigenvalue weighted by atomic mass is 16.2. The lowest BCUT2D eigenvalue weighted by atomic mass is 10.3. The minimum absolute atomic E-state index is 0.0390. The largest absolute Gasteiger partial charge is 0.397 e. The van der Waals surface area contributed by atoms with E-state index in [1.54, 1.807) is 47.8 Å². The van der Waals surface area contributed by atoms with Crippen LogP contribution in [0.15, 0.2) is 29.5 Å². The van der Waals surface area contributed by atoms with Crippen molar-refractivity contribution in [3.63, 3.8) is 0 Å². The second-order valence-electron chi connectivity index (χ2n) is 5.48. The zero-order valence-corrected chi connectivity index (χ0v) is 14.1. The van der Waals surface area contributed by atoms with Crippen molar-refractivity contribution in [3.8, 4) is 0 Å². The number of nitrogens with two attached hydrogens (primary N) is 3. The van der Waals surface area contributed by atoms with E-state index in [2.05, 4.69) is 15.6 Å². The van der Waals surface area contributed by atoms with Gasteiger partial charge in [0.1, 0.15) is 11.4 Å². The number of aliphatic imine (C=N–C) groups is 1. The van der Waals surface area contributed by atoms with Gasteiger partial charge in [-0.15, -0.1) is 0 Å². The second kappa shape index (κ2) is 7.43. The summed E-state index contributed by atoms with van der Waals surface area (Å²) in [5, 5.41) is 5.42. The number of rotatable bonds is 6. The molecule has 2 aromatic heterocycles. The van der Waals surface area contributed by atoms with E-state index >= 15 is 0 Å². The van der Waals surface area contributed by atoms with Crippen LogP contribution in [0, 0.1) is 0 Å². The van der Waals surface area contributed by atoms with Crippen LogP contribution in [-0.4, -0.2) is 40.0 Å². The van der Waals surface area contributed by atoms with Crippen molar-refractivity contribution in [2.75, 3.05) is 24.1 Å². The molecule has 10 heteroatoms. The molecule has 0 radical (unpaired) electrons. The highest BCUT2D eigenvalue weighted by Crippen LogP contribution is 2.18. The standard InChI is InChI=1S/C15H22N8O2/c1-22-6-3-10(12(22)14(25)19-4-5-20-15(17)18)21-13(24)11-7-9(16)8-23(11)2/h3,6-8H,4-5,16H2,1-2H3,(H,19,25)(H,21,24)(H4,17,18,20). The van der Waals surface area contributed by atoms with Crippen LogP contribution in [0.4, 0.5) is 11.4 Å². The van der Waals surface area contributed by atoms with E-state index in [-0.39, 0.29) is 30.9 Å². The Hall–Kier alpha value is -3.43. The molecule has 0 saturated heterocycles. The number of nitrogens with one attached hydrogen (secondary N) is 2. The summed E-state index contributed by atoms with van der Waals surface area (Å²) >= 11 is 0. The lowest BCUT2D eigenvalue weighted by Gasteiger charge is -2.10. The molecule has 10 nitrogen and oxygen atoms in total. The van der Waals surface area contributed by atoms with Crippen LogP contribution in [0.5, 0.6) is 0 Å². The Kier molecular flexibility index (Phi) is 5.32. The number of carbonyl (C=O) groups is 2. The number of anilines is 2. The van der Waals surface area contributed by atoms with Gasteiger partial charge in [0.05, 0.1) is 17.9 Å². The fourth-order valence-corrected chi connectivity index (χ4v) is 2.35. The van der Waals surface area contributed by atoms with Gasteiger partial charge in [0.2, 0.25) is 0 Å². The summed E-state index contributed by atoms with van der Waals surface area (Å²) in [6.45, 7) is 0.534. The molecule has 0 aliphatic heterocycles. The summed E-state index contributed by atoms with van der Waals surface area (Å²) in [7, 11) is 3.43. The third-order valence-electron chi connectivity index (χ3n) is 3.49. The maximum atomic E-state index is 12.4. The molecule has 0 fully saturated rings. The molecule has 0 unspecified atom stereocenters. The Morgan fingerprint density at radius 1 is 1.20 bits per heavy atom. The molecule has 25 heavy (non-hydrogen) atoms. The van der Waals surface area contributed by atoms with E-state index in [1.807, 2.05) is 0 Å². The predicted octanol–water partition coefficient (Wildman–Crippen LogP) is -0.799. The fraction of sp³-hybridized carbons (Fsp3) is 0.267. The average Bonchev–Trinajstić information content (AvgIpc) is 3.05. The number of carbonyl (C=O) groups excluding carboxylic acids is 2. The summed E-state index contributed by atoms with van der Waals surface area (Å²) in [4.78, 5) is 28.5. The molecule has 134 valence electrons. The summed E-state index contributed by atoms with van der Waals surface area (Å²) in [5.41, 5.74) is 17.7.